The van der Waals surface area contributed by atoms with Crippen LogP contribution in [-0.2, 0) is 4.79 Å². The smallest absolute Gasteiger partial charge is 0.238 e. The van der Waals surface area contributed by atoms with Crippen LogP contribution in [0.25, 0.3) is 0 Å². The van der Waals surface area contributed by atoms with Crippen molar-refractivity contribution in [3.05, 3.63) is 65.7 Å². The Bertz CT molecular complexity index is 758. The molecule has 26 heavy (non-hydrogen) atoms. The van der Waals surface area contributed by atoms with Crippen molar-refractivity contribution in [3.8, 4) is 5.75 Å². The zero-order chi connectivity index (χ0) is 18.5. The molecule has 0 bridgehead atoms. The molecule has 1 fully saturated rings. The van der Waals surface area contributed by atoms with Crippen molar-refractivity contribution in [2.24, 2.45) is 0 Å². The van der Waals surface area contributed by atoms with Crippen molar-refractivity contribution in [2.75, 3.05) is 6.61 Å². The fourth-order valence-electron chi connectivity index (χ4n) is 2.82. The van der Waals surface area contributed by atoms with Crippen molar-refractivity contribution < 1.29 is 18.3 Å². The summed E-state index contributed by atoms with van der Waals surface area (Å²) in [6, 6.07) is 12.3. The molecule has 138 valence electrons. The van der Waals surface area contributed by atoms with Crippen LogP contribution in [0.5, 0.6) is 5.75 Å². The molecule has 0 radical (unpaired) electrons. The lowest BCUT2D eigenvalue weighted by Gasteiger charge is -2.17. The van der Waals surface area contributed by atoms with Crippen molar-refractivity contribution in [1.82, 2.24) is 16.2 Å². The molecule has 1 amide bonds. The average molecular weight is 361 g/mol. The van der Waals surface area contributed by atoms with E-state index in [0.717, 1.165) is 17.7 Å². The number of hydrazine groups is 1. The summed E-state index contributed by atoms with van der Waals surface area (Å²) in [5.74, 6) is -1.64. The molecule has 7 heteroatoms. The molecule has 1 saturated heterocycles. The highest BCUT2D eigenvalue weighted by Gasteiger charge is 2.30. The number of halogens is 2. The highest BCUT2D eigenvalue weighted by atomic mass is 19.1. The second-order valence-corrected chi connectivity index (χ2v) is 6.34. The number of hydrogen-bond acceptors (Lipinski definition) is 4. The highest BCUT2D eigenvalue weighted by molar-refractivity contribution is 5.82. The second-order valence-electron chi connectivity index (χ2n) is 6.34. The fraction of sp³-hybridized carbons (Fsp3) is 0.316. The van der Waals surface area contributed by atoms with Gasteiger partial charge in [0.2, 0.25) is 5.91 Å². The van der Waals surface area contributed by atoms with Gasteiger partial charge >= 0.3 is 0 Å². The highest BCUT2D eigenvalue weighted by Crippen LogP contribution is 2.22. The second kappa shape index (κ2) is 8.25. The number of rotatable bonds is 6. The summed E-state index contributed by atoms with van der Waals surface area (Å²) in [7, 11) is 0. The minimum Gasteiger partial charge on any atom is -0.488 e. The number of ether oxygens (including phenoxy) is 1. The third kappa shape index (κ3) is 4.56. The van der Waals surface area contributed by atoms with Crippen molar-refractivity contribution in [2.45, 2.75) is 31.5 Å². The van der Waals surface area contributed by atoms with Crippen molar-refractivity contribution in [1.29, 1.82) is 0 Å². The molecular formula is C19H21F2N3O2. The Morgan fingerprint density at radius 1 is 1.23 bits per heavy atom. The molecule has 1 aliphatic heterocycles. The van der Waals surface area contributed by atoms with E-state index in [-0.39, 0.29) is 36.4 Å². The predicted molar refractivity (Wildman–Crippen MR) is 93.3 cm³/mol. The van der Waals surface area contributed by atoms with E-state index in [4.69, 9.17) is 4.74 Å². The predicted octanol–water partition coefficient (Wildman–Crippen LogP) is 2.46. The largest absolute Gasteiger partial charge is 0.488 e. The molecule has 3 rings (SSSR count). The Morgan fingerprint density at radius 2 is 2.00 bits per heavy atom. The Labute approximate surface area is 150 Å². The van der Waals surface area contributed by atoms with E-state index in [2.05, 4.69) is 16.2 Å². The van der Waals surface area contributed by atoms with Crippen LogP contribution in [0.1, 0.15) is 24.9 Å². The Balaban J connectivity index is 1.47. The van der Waals surface area contributed by atoms with E-state index in [9.17, 15) is 13.6 Å². The molecule has 0 aromatic heterocycles. The van der Waals surface area contributed by atoms with Gasteiger partial charge in [-0.3, -0.25) is 4.79 Å². The first-order valence-electron chi connectivity index (χ1n) is 8.47. The summed E-state index contributed by atoms with van der Waals surface area (Å²) < 4.78 is 31.7. The SMILES string of the molecule is CC(COc1ccc(F)cc1F)NC(=O)C1CC(c2ccccc2)NN1. The Kier molecular flexibility index (Phi) is 5.80. The van der Waals surface area contributed by atoms with Gasteiger partial charge in [-0.15, -0.1) is 0 Å². The standard InChI is InChI=1S/C19H21F2N3O2/c1-12(11-26-18-8-7-14(20)9-15(18)21)22-19(25)17-10-16(23-24-17)13-5-3-2-4-6-13/h2-9,12,16-17,23-24H,10-11H2,1H3,(H,22,25). The summed E-state index contributed by atoms with van der Waals surface area (Å²) in [5, 5.41) is 2.83. The van der Waals surface area contributed by atoms with Crippen LogP contribution in [0, 0.1) is 11.6 Å². The summed E-state index contributed by atoms with van der Waals surface area (Å²) in [5.41, 5.74) is 7.23. The summed E-state index contributed by atoms with van der Waals surface area (Å²) in [6.45, 7) is 1.84. The molecule has 3 atom stereocenters. The molecular weight excluding hydrogens is 340 g/mol. The maximum absolute atomic E-state index is 13.5. The summed E-state index contributed by atoms with van der Waals surface area (Å²) in [6.07, 6.45) is 0.621. The van der Waals surface area contributed by atoms with E-state index in [1.54, 1.807) is 6.92 Å². The van der Waals surface area contributed by atoms with Gasteiger partial charge in [-0.1, -0.05) is 30.3 Å². The van der Waals surface area contributed by atoms with E-state index in [0.29, 0.717) is 6.42 Å². The maximum atomic E-state index is 13.5. The van der Waals surface area contributed by atoms with Gasteiger partial charge in [-0.25, -0.2) is 19.6 Å². The molecule has 0 saturated carbocycles. The van der Waals surface area contributed by atoms with E-state index in [1.165, 1.54) is 6.07 Å². The van der Waals surface area contributed by atoms with Gasteiger partial charge in [0, 0.05) is 12.1 Å². The topological polar surface area (TPSA) is 62.4 Å². The summed E-state index contributed by atoms with van der Waals surface area (Å²) in [4.78, 5) is 12.4. The number of carbonyl (C=O) groups is 1. The number of nitrogens with one attached hydrogen (secondary N) is 3. The van der Waals surface area contributed by atoms with Crippen LogP contribution in [0.3, 0.4) is 0 Å². The van der Waals surface area contributed by atoms with Gasteiger partial charge in [0.25, 0.3) is 0 Å². The first-order chi connectivity index (χ1) is 12.5. The van der Waals surface area contributed by atoms with Crippen LogP contribution >= 0.6 is 0 Å². The Morgan fingerprint density at radius 3 is 2.73 bits per heavy atom. The molecule has 0 spiro atoms. The van der Waals surface area contributed by atoms with Crippen LogP contribution in [0.15, 0.2) is 48.5 Å². The number of hydrogen-bond donors (Lipinski definition) is 3. The zero-order valence-electron chi connectivity index (χ0n) is 14.3. The van der Waals surface area contributed by atoms with Gasteiger partial charge in [0.05, 0.1) is 6.04 Å². The summed E-state index contributed by atoms with van der Waals surface area (Å²) >= 11 is 0. The lowest BCUT2D eigenvalue weighted by Crippen LogP contribution is -2.47. The van der Waals surface area contributed by atoms with Gasteiger partial charge in [0.1, 0.15) is 18.5 Å². The molecule has 1 heterocycles. The first-order valence-corrected chi connectivity index (χ1v) is 8.47. The van der Waals surface area contributed by atoms with Crippen molar-refractivity contribution in [3.63, 3.8) is 0 Å². The molecule has 5 nitrogen and oxygen atoms in total. The molecule has 2 aromatic carbocycles. The van der Waals surface area contributed by atoms with E-state index in [1.807, 2.05) is 30.3 Å². The molecule has 0 aliphatic carbocycles. The number of amides is 1. The normalized spacial score (nSPS) is 20.6. The van der Waals surface area contributed by atoms with Crippen LogP contribution in [0.2, 0.25) is 0 Å². The quantitative estimate of drug-likeness (QED) is 0.740. The minimum atomic E-state index is -0.768. The number of benzene rings is 2. The van der Waals surface area contributed by atoms with Crippen LogP contribution < -0.4 is 20.9 Å². The van der Waals surface area contributed by atoms with Gasteiger partial charge in [-0.2, -0.15) is 0 Å². The molecule has 3 unspecified atom stereocenters. The molecule has 3 N–H and O–H groups in total. The first kappa shape index (κ1) is 18.3. The molecule has 2 aromatic rings. The third-order valence-corrected chi connectivity index (χ3v) is 4.19. The van der Waals surface area contributed by atoms with Crippen LogP contribution in [0.4, 0.5) is 8.78 Å². The average Bonchev–Trinajstić information content (AvgIpc) is 3.12. The zero-order valence-corrected chi connectivity index (χ0v) is 14.3. The number of carbonyl (C=O) groups excluding carboxylic acids is 1. The minimum absolute atomic E-state index is 0.0442. The monoisotopic (exact) mass is 361 g/mol. The van der Waals surface area contributed by atoms with Gasteiger partial charge in [0.15, 0.2) is 11.6 Å². The third-order valence-electron chi connectivity index (χ3n) is 4.19. The van der Waals surface area contributed by atoms with Gasteiger partial charge in [-0.05, 0) is 31.0 Å². The molecule has 1 aliphatic rings. The van der Waals surface area contributed by atoms with E-state index >= 15 is 0 Å². The van der Waals surface area contributed by atoms with Crippen molar-refractivity contribution >= 4 is 5.91 Å². The maximum Gasteiger partial charge on any atom is 0.238 e. The fourth-order valence-corrected chi connectivity index (χ4v) is 2.82. The van der Waals surface area contributed by atoms with Crippen LogP contribution in [-0.4, -0.2) is 24.6 Å². The lowest BCUT2D eigenvalue weighted by atomic mass is 10.0. The lowest BCUT2D eigenvalue weighted by molar-refractivity contribution is -0.123. The Hall–Kier alpha value is -2.51. The van der Waals surface area contributed by atoms with E-state index < -0.39 is 11.6 Å². The van der Waals surface area contributed by atoms with Gasteiger partial charge < -0.3 is 10.1 Å².